The average Bonchev–Trinajstić information content (AvgIpc) is 3.78. The topological polar surface area (TPSA) is 186 Å². The Labute approximate surface area is 284 Å². The van der Waals surface area contributed by atoms with Crippen LogP contribution < -0.4 is 4.90 Å². The summed E-state index contributed by atoms with van der Waals surface area (Å²) < 4.78 is 56.7. The second-order valence-electron chi connectivity index (χ2n) is 13.5. The zero-order valence-corrected chi connectivity index (χ0v) is 30.1. The number of hydrogen-bond acceptors (Lipinski definition) is 14. The number of hydrogen-bond donors (Lipinski definition) is 2. The number of aliphatic hydroxyl groups is 2. The highest BCUT2D eigenvalue weighted by Crippen LogP contribution is 2.60. The zero-order valence-electron chi connectivity index (χ0n) is 28.5. The van der Waals surface area contributed by atoms with Gasteiger partial charge in [0.2, 0.25) is 10.6 Å². The molecule has 1 aliphatic carbocycles. The Morgan fingerprint density at radius 3 is 2.31 bits per heavy atom. The number of carbonyl (C=O) groups is 1. The molecule has 4 atom stereocenters. The third kappa shape index (κ3) is 7.25. The van der Waals surface area contributed by atoms with E-state index in [2.05, 4.69) is 15.1 Å². The number of rotatable bonds is 13. The van der Waals surface area contributed by atoms with Gasteiger partial charge in [-0.2, -0.15) is 15.1 Å². The molecule has 0 unspecified atom stereocenters. The zero-order chi connectivity index (χ0) is 35.1. The molecule has 0 spiro atoms. The molecule has 48 heavy (non-hydrogen) atoms. The molecule has 2 aliphatic heterocycles. The lowest BCUT2D eigenvalue weighted by molar-refractivity contribution is -0.208. The molecule has 1 saturated carbocycles. The van der Waals surface area contributed by atoms with Gasteiger partial charge in [0.25, 0.3) is 0 Å². The number of nitrogens with zero attached hydrogens (tertiary/aromatic N) is 5. The van der Waals surface area contributed by atoms with E-state index in [1.807, 2.05) is 0 Å². The van der Waals surface area contributed by atoms with E-state index in [9.17, 15) is 19.6 Å². The van der Waals surface area contributed by atoms with Crippen molar-refractivity contribution in [2.45, 2.75) is 121 Å². The minimum atomic E-state index is -4.16. The molecule has 3 aliphatic rings. The monoisotopic (exact) mass is 719 g/mol. The van der Waals surface area contributed by atoms with Gasteiger partial charge in [-0.25, -0.2) is 9.48 Å². The quantitative estimate of drug-likeness (QED) is 0.217. The maximum absolute atomic E-state index is 13.7. The van der Waals surface area contributed by atoms with Crippen molar-refractivity contribution >= 4 is 42.1 Å². The molecule has 0 radical (unpaired) electrons. The van der Waals surface area contributed by atoms with Crippen LogP contribution in [-0.4, -0.2) is 110 Å². The van der Waals surface area contributed by atoms with E-state index in [0.717, 1.165) is 25.7 Å². The van der Waals surface area contributed by atoms with Crippen molar-refractivity contribution in [3.63, 3.8) is 0 Å². The lowest BCUT2D eigenvalue weighted by Crippen LogP contribution is -2.45. The van der Waals surface area contributed by atoms with Crippen LogP contribution in [0.5, 0.6) is 0 Å². The minimum absolute atomic E-state index is 0.00882. The van der Waals surface area contributed by atoms with E-state index in [1.165, 1.54) is 4.68 Å². The van der Waals surface area contributed by atoms with E-state index in [4.69, 9.17) is 44.3 Å². The van der Waals surface area contributed by atoms with Gasteiger partial charge in [-0.1, -0.05) is 12.8 Å². The molecule has 4 heterocycles. The van der Waals surface area contributed by atoms with Crippen molar-refractivity contribution in [2.24, 2.45) is 0 Å². The number of carbonyl (C=O) groups excluding carboxylic acids is 1. The highest BCUT2D eigenvalue weighted by atomic mass is 35.5. The first-order valence-electron chi connectivity index (χ1n) is 16.3. The summed E-state index contributed by atoms with van der Waals surface area (Å²) >= 11 is 6.50. The van der Waals surface area contributed by atoms with Gasteiger partial charge in [0.05, 0.1) is 44.6 Å². The van der Waals surface area contributed by atoms with Crippen molar-refractivity contribution in [2.75, 3.05) is 37.9 Å². The van der Waals surface area contributed by atoms with E-state index < -0.39 is 68.2 Å². The molecule has 0 bridgehead atoms. The van der Waals surface area contributed by atoms with E-state index in [1.54, 1.807) is 59.6 Å². The van der Waals surface area contributed by atoms with E-state index in [-0.39, 0.29) is 42.6 Å². The summed E-state index contributed by atoms with van der Waals surface area (Å²) in [5, 5.41) is 23.5. The smallest absolute Gasteiger partial charge is 0.416 e. The van der Waals surface area contributed by atoms with Crippen LogP contribution in [-0.2, 0) is 37.3 Å². The van der Waals surface area contributed by atoms with E-state index >= 15 is 0 Å². The van der Waals surface area contributed by atoms with Crippen molar-refractivity contribution in [3.05, 3.63) is 11.5 Å². The molecule has 1 amide bonds. The molecule has 270 valence electrons. The Balaban J connectivity index is 1.50. The molecular formula is C30H47ClN5O11P. The van der Waals surface area contributed by atoms with Crippen LogP contribution in [0.4, 0.5) is 10.6 Å². The SMILES string of the molecule is CCOP(=O)(OCC)C(CO)(CO)OC[C@H]1O[C@@H](n2ncc3c(N(C(=O)OC(C)(C)C)C4CCCC4)nc(Cl)nc32)[C@@H]2OC(C)(C)O[C@@H]21. The van der Waals surface area contributed by atoms with Gasteiger partial charge in [-0.15, -0.1) is 0 Å². The molecule has 2 aromatic rings. The lowest BCUT2D eigenvalue weighted by atomic mass is 10.1. The summed E-state index contributed by atoms with van der Waals surface area (Å²) in [5.74, 6) is -0.752. The molecule has 18 heteroatoms. The van der Waals surface area contributed by atoms with Gasteiger partial charge in [0, 0.05) is 6.04 Å². The fraction of sp³-hybridized carbons (Fsp3) is 0.800. The molecule has 2 aromatic heterocycles. The summed E-state index contributed by atoms with van der Waals surface area (Å²) in [4.78, 5) is 24.1. The van der Waals surface area contributed by atoms with Crippen LogP contribution >= 0.6 is 19.2 Å². The molecule has 3 fully saturated rings. The van der Waals surface area contributed by atoms with Gasteiger partial charge in [0.15, 0.2) is 23.5 Å². The van der Waals surface area contributed by atoms with Gasteiger partial charge in [0.1, 0.15) is 23.9 Å². The molecule has 2 saturated heterocycles. The number of halogens is 1. The van der Waals surface area contributed by atoms with Crippen LogP contribution in [0, 0.1) is 0 Å². The maximum atomic E-state index is 13.7. The molecule has 2 N–H and O–H groups in total. The van der Waals surface area contributed by atoms with Crippen molar-refractivity contribution in [3.8, 4) is 0 Å². The number of fused-ring (bicyclic) bond motifs is 2. The second kappa shape index (κ2) is 14.3. The largest absolute Gasteiger partial charge is 0.443 e. The Kier molecular flexibility index (Phi) is 11.1. The fourth-order valence-electron chi connectivity index (χ4n) is 6.37. The van der Waals surface area contributed by atoms with Gasteiger partial charge < -0.3 is 42.9 Å². The normalized spacial score (nSPS) is 24.8. The lowest BCUT2D eigenvalue weighted by Gasteiger charge is -2.36. The summed E-state index contributed by atoms with van der Waals surface area (Å²) in [7, 11) is -4.16. The van der Waals surface area contributed by atoms with Gasteiger partial charge in [-0.3, -0.25) is 9.46 Å². The first kappa shape index (κ1) is 37.3. The van der Waals surface area contributed by atoms with Crippen LogP contribution in [0.3, 0.4) is 0 Å². The van der Waals surface area contributed by atoms with Crippen LogP contribution in [0.25, 0.3) is 11.0 Å². The standard InChI is InChI=1S/C30H47ClN5O11P/c1-8-42-48(40,43-9-2)30(16-37,17-38)41-15-20-21-22(46-29(6,7)45-21)25(44-20)36-24-19(14-32-36)23(33-26(31)34-24)35(18-12-10-11-13-18)27(39)47-28(3,4)5/h14,18,20-22,25,37-38H,8-13,15-17H2,1-7H3/t20-,21-,22-,25-/m1/s1. The first-order valence-corrected chi connectivity index (χ1v) is 18.2. The summed E-state index contributed by atoms with van der Waals surface area (Å²) in [5.41, 5.74) is -0.458. The molecule has 16 nitrogen and oxygen atoms in total. The number of aliphatic hydroxyl groups excluding tert-OH is 2. The molecule has 5 rings (SSSR count). The Morgan fingerprint density at radius 2 is 1.73 bits per heavy atom. The third-order valence-corrected chi connectivity index (χ3v) is 11.2. The van der Waals surface area contributed by atoms with Crippen LogP contribution in [0.15, 0.2) is 6.20 Å². The number of aromatic nitrogens is 4. The van der Waals surface area contributed by atoms with Crippen molar-refractivity contribution < 1.29 is 52.3 Å². The average molecular weight is 720 g/mol. The summed E-state index contributed by atoms with van der Waals surface area (Å²) in [6.07, 6.45) is 1.23. The first-order chi connectivity index (χ1) is 22.6. The van der Waals surface area contributed by atoms with Crippen LogP contribution in [0.2, 0.25) is 5.28 Å². The molecular weight excluding hydrogens is 673 g/mol. The third-order valence-electron chi connectivity index (χ3n) is 8.39. The second-order valence-corrected chi connectivity index (χ2v) is 16.1. The maximum Gasteiger partial charge on any atom is 0.416 e. The number of amides is 1. The predicted octanol–water partition coefficient (Wildman–Crippen LogP) is 4.54. The highest BCUT2D eigenvalue weighted by Gasteiger charge is 2.59. The molecule has 0 aromatic carbocycles. The summed E-state index contributed by atoms with van der Waals surface area (Å²) in [6, 6.07) is -0.152. The van der Waals surface area contributed by atoms with E-state index in [0.29, 0.717) is 5.39 Å². The number of anilines is 1. The Morgan fingerprint density at radius 1 is 1.10 bits per heavy atom. The van der Waals surface area contributed by atoms with Gasteiger partial charge in [-0.05, 0) is 72.9 Å². The van der Waals surface area contributed by atoms with Gasteiger partial charge >= 0.3 is 13.7 Å². The predicted molar refractivity (Wildman–Crippen MR) is 173 cm³/mol. The van der Waals surface area contributed by atoms with Crippen molar-refractivity contribution in [1.29, 1.82) is 0 Å². The number of ether oxygens (including phenoxy) is 5. The fourth-order valence-corrected chi connectivity index (χ4v) is 8.33. The summed E-state index contributed by atoms with van der Waals surface area (Å²) in [6.45, 7) is 10.1. The Hall–Kier alpha value is -1.98. The van der Waals surface area contributed by atoms with Crippen LogP contribution in [0.1, 0.15) is 80.4 Å². The minimum Gasteiger partial charge on any atom is -0.443 e. The highest BCUT2D eigenvalue weighted by molar-refractivity contribution is 7.55. The van der Waals surface area contributed by atoms with Crippen molar-refractivity contribution in [1.82, 2.24) is 19.7 Å². The Bertz CT molecular complexity index is 1480.